The Hall–Kier alpha value is -3.09. The number of ether oxygens (including phenoxy) is 2. The van der Waals surface area contributed by atoms with Gasteiger partial charge in [0.2, 0.25) is 0 Å². The van der Waals surface area contributed by atoms with Crippen LogP contribution in [-0.2, 0) is 6.54 Å². The zero-order valence-corrected chi connectivity index (χ0v) is 14.0. The Labute approximate surface area is 144 Å². The maximum absolute atomic E-state index is 11.5. The molecule has 0 amide bonds. The van der Waals surface area contributed by atoms with Crippen molar-refractivity contribution in [2.24, 2.45) is 0 Å². The molecule has 1 aliphatic heterocycles. The van der Waals surface area contributed by atoms with E-state index in [1.807, 2.05) is 18.2 Å². The molecule has 0 saturated heterocycles. The fraction of sp³-hybridized carbons (Fsp3) is 0.278. The van der Waals surface area contributed by atoms with Crippen molar-refractivity contribution in [3.05, 3.63) is 57.6 Å². The molecule has 0 saturated carbocycles. The first-order valence-corrected chi connectivity index (χ1v) is 7.85. The molecule has 0 spiro atoms. The SMILES string of the molecule is CC(=O)c1ccc(N(C)Cc2ccc3c(c2)OCCO3)c([N+](=O)[O-])c1. The third kappa shape index (κ3) is 3.55. The van der Waals surface area contributed by atoms with Gasteiger partial charge >= 0.3 is 0 Å². The van der Waals surface area contributed by atoms with E-state index in [0.29, 0.717) is 42.5 Å². The number of Topliss-reactive ketones (excluding diaryl/α,β-unsaturated/α-hetero) is 1. The van der Waals surface area contributed by atoms with Gasteiger partial charge in [0.1, 0.15) is 18.9 Å². The number of carbonyl (C=O) groups excluding carboxylic acids is 1. The minimum Gasteiger partial charge on any atom is -0.486 e. The van der Waals surface area contributed by atoms with Crippen LogP contribution in [-0.4, -0.2) is 31.0 Å². The first kappa shape index (κ1) is 16.8. The summed E-state index contributed by atoms with van der Waals surface area (Å²) >= 11 is 0. The van der Waals surface area contributed by atoms with Crippen LogP contribution in [0.25, 0.3) is 0 Å². The number of anilines is 1. The van der Waals surface area contributed by atoms with Crippen LogP contribution < -0.4 is 14.4 Å². The summed E-state index contributed by atoms with van der Waals surface area (Å²) in [5.74, 6) is 1.18. The molecule has 3 rings (SSSR count). The molecule has 2 aromatic carbocycles. The first-order chi connectivity index (χ1) is 12.0. The van der Waals surface area contributed by atoms with Gasteiger partial charge in [-0.25, -0.2) is 0 Å². The molecule has 0 bridgehead atoms. The lowest BCUT2D eigenvalue weighted by Crippen LogP contribution is -2.19. The molecule has 25 heavy (non-hydrogen) atoms. The highest BCUT2D eigenvalue weighted by Gasteiger charge is 2.20. The summed E-state index contributed by atoms with van der Waals surface area (Å²) in [5.41, 5.74) is 1.62. The maximum Gasteiger partial charge on any atom is 0.293 e. The summed E-state index contributed by atoms with van der Waals surface area (Å²) in [6, 6.07) is 10.1. The van der Waals surface area contributed by atoms with Gasteiger partial charge in [-0.2, -0.15) is 0 Å². The summed E-state index contributed by atoms with van der Waals surface area (Å²) in [4.78, 5) is 24.1. The van der Waals surface area contributed by atoms with Gasteiger partial charge in [0.25, 0.3) is 5.69 Å². The van der Waals surface area contributed by atoms with Crippen LogP contribution in [0.4, 0.5) is 11.4 Å². The largest absolute Gasteiger partial charge is 0.486 e. The minimum absolute atomic E-state index is 0.0901. The van der Waals surface area contributed by atoms with Gasteiger partial charge in [0, 0.05) is 25.2 Å². The number of carbonyl (C=O) groups is 1. The fourth-order valence-electron chi connectivity index (χ4n) is 2.76. The van der Waals surface area contributed by atoms with Gasteiger partial charge in [0.15, 0.2) is 17.3 Å². The van der Waals surface area contributed by atoms with Crippen molar-refractivity contribution in [3.8, 4) is 11.5 Å². The van der Waals surface area contributed by atoms with Gasteiger partial charge in [-0.1, -0.05) is 6.07 Å². The molecule has 0 radical (unpaired) electrons. The highest BCUT2D eigenvalue weighted by molar-refractivity contribution is 5.95. The van der Waals surface area contributed by atoms with Crippen LogP contribution in [0.15, 0.2) is 36.4 Å². The molecule has 130 valence electrons. The number of nitro benzene ring substituents is 1. The molecule has 1 heterocycles. The average molecular weight is 342 g/mol. The molecule has 2 aromatic rings. The monoisotopic (exact) mass is 342 g/mol. The van der Waals surface area contributed by atoms with Crippen molar-refractivity contribution in [3.63, 3.8) is 0 Å². The van der Waals surface area contributed by atoms with Crippen LogP contribution in [0.3, 0.4) is 0 Å². The molecule has 0 unspecified atom stereocenters. The van der Waals surface area contributed by atoms with E-state index in [2.05, 4.69) is 0 Å². The molecule has 0 aliphatic carbocycles. The Morgan fingerprint density at radius 3 is 2.56 bits per heavy atom. The first-order valence-electron chi connectivity index (χ1n) is 7.85. The van der Waals surface area contributed by atoms with Crippen molar-refractivity contribution in [2.75, 3.05) is 25.2 Å². The lowest BCUT2D eigenvalue weighted by Gasteiger charge is -2.22. The highest BCUT2D eigenvalue weighted by Crippen LogP contribution is 2.33. The van der Waals surface area contributed by atoms with E-state index in [1.54, 1.807) is 24.1 Å². The van der Waals surface area contributed by atoms with E-state index in [1.165, 1.54) is 13.0 Å². The van der Waals surface area contributed by atoms with Crippen molar-refractivity contribution in [1.29, 1.82) is 0 Å². The third-order valence-electron chi connectivity index (χ3n) is 4.02. The zero-order valence-electron chi connectivity index (χ0n) is 14.0. The van der Waals surface area contributed by atoms with Gasteiger partial charge in [-0.3, -0.25) is 14.9 Å². The van der Waals surface area contributed by atoms with E-state index < -0.39 is 4.92 Å². The molecule has 0 aromatic heterocycles. The lowest BCUT2D eigenvalue weighted by molar-refractivity contribution is -0.384. The smallest absolute Gasteiger partial charge is 0.293 e. The lowest BCUT2D eigenvalue weighted by atomic mass is 10.1. The number of hydrogen-bond donors (Lipinski definition) is 0. The number of ketones is 1. The second kappa shape index (κ2) is 6.80. The van der Waals surface area contributed by atoms with Crippen LogP contribution in [0, 0.1) is 10.1 Å². The molecular formula is C18H18N2O5. The molecule has 0 atom stereocenters. The molecule has 1 aliphatic rings. The Balaban J connectivity index is 1.87. The zero-order chi connectivity index (χ0) is 18.0. The van der Waals surface area contributed by atoms with Crippen LogP contribution in [0.1, 0.15) is 22.8 Å². The van der Waals surface area contributed by atoms with Crippen LogP contribution >= 0.6 is 0 Å². The van der Waals surface area contributed by atoms with Crippen molar-refractivity contribution in [2.45, 2.75) is 13.5 Å². The van der Waals surface area contributed by atoms with Crippen LogP contribution in [0.5, 0.6) is 11.5 Å². The van der Waals surface area contributed by atoms with E-state index in [-0.39, 0.29) is 11.5 Å². The summed E-state index contributed by atoms with van der Waals surface area (Å²) in [6.45, 7) is 2.87. The summed E-state index contributed by atoms with van der Waals surface area (Å²) in [7, 11) is 1.77. The van der Waals surface area contributed by atoms with Gasteiger partial charge in [0.05, 0.1) is 4.92 Å². The van der Waals surface area contributed by atoms with Gasteiger partial charge < -0.3 is 14.4 Å². The Kier molecular flexibility index (Phi) is 4.56. The third-order valence-corrected chi connectivity index (χ3v) is 4.02. The molecule has 0 N–H and O–H groups in total. The van der Waals surface area contributed by atoms with Crippen molar-refractivity contribution < 1.29 is 19.2 Å². The van der Waals surface area contributed by atoms with Gasteiger partial charge in [-0.05, 0) is 36.8 Å². The predicted molar refractivity (Wildman–Crippen MR) is 92.6 cm³/mol. The van der Waals surface area contributed by atoms with Crippen molar-refractivity contribution >= 4 is 17.2 Å². The summed E-state index contributed by atoms with van der Waals surface area (Å²) in [6.07, 6.45) is 0. The minimum atomic E-state index is -0.470. The molecule has 0 fully saturated rings. The second-order valence-electron chi connectivity index (χ2n) is 5.85. The molecule has 7 heteroatoms. The van der Waals surface area contributed by atoms with E-state index in [9.17, 15) is 14.9 Å². The summed E-state index contributed by atoms with van der Waals surface area (Å²) in [5, 5.41) is 11.4. The van der Waals surface area contributed by atoms with E-state index in [0.717, 1.165) is 5.56 Å². The standard InChI is InChI=1S/C18H18N2O5/c1-12(21)14-4-5-15(16(10-14)20(22)23)19(2)11-13-3-6-17-18(9-13)25-8-7-24-17/h3-6,9-10H,7-8,11H2,1-2H3. The topological polar surface area (TPSA) is 81.9 Å². The molecule has 7 nitrogen and oxygen atoms in total. The number of rotatable bonds is 5. The quantitative estimate of drug-likeness (QED) is 0.471. The predicted octanol–water partition coefficient (Wildman–Crippen LogP) is 3.21. The summed E-state index contributed by atoms with van der Waals surface area (Å²) < 4.78 is 11.1. The Morgan fingerprint density at radius 2 is 1.88 bits per heavy atom. The average Bonchev–Trinajstić information content (AvgIpc) is 2.60. The van der Waals surface area contributed by atoms with Crippen LogP contribution in [0.2, 0.25) is 0 Å². The Morgan fingerprint density at radius 1 is 1.16 bits per heavy atom. The number of nitrogens with zero attached hydrogens (tertiary/aromatic N) is 2. The number of fused-ring (bicyclic) bond motifs is 1. The highest BCUT2D eigenvalue weighted by atomic mass is 16.6. The Bertz CT molecular complexity index is 834. The number of nitro groups is 1. The van der Waals surface area contributed by atoms with Gasteiger partial charge in [-0.15, -0.1) is 0 Å². The normalized spacial score (nSPS) is 12.6. The number of hydrogen-bond acceptors (Lipinski definition) is 6. The maximum atomic E-state index is 11.5. The fourth-order valence-corrected chi connectivity index (χ4v) is 2.76. The number of benzene rings is 2. The van der Waals surface area contributed by atoms with E-state index >= 15 is 0 Å². The second-order valence-corrected chi connectivity index (χ2v) is 5.85. The molecular weight excluding hydrogens is 324 g/mol. The van der Waals surface area contributed by atoms with E-state index in [4.69, 9.17) is 9.47 Å². The van der Waals surface area contributed by atoms with Crippen molar-refractivity contribution in [1.82, 2.24) is 0 Å².